The lowest BCUT2D eigenvalue weighted by Crippen LogP contribution is -2.33. The normalized spacial score (nSPS) is 21.9. The molecule has 6 heteroatoms. The van der Waals surface area contributed by atoms with Gasteiger partial charge in [-0.1, -0.05) is 11.8 Å². The summed E-state index contributed by atoms with van der Waals surface area (Å²) < 4.78 is 22.4. The number of hydrogen-bond donors (Lipinski definition) is 0. The fourth-order valence-corrected chi connectivity index (χ4v) is 2.22. The average molecular weight is 338 g/mol. The number of nitrogens with zero attached hydrogens (tertiary/aromatic N) is 2. The number of terminal acetylenes is 2. The highest BCUT2D eigenvalue weighted by Crippen LogP contribution is 1.93. The monoisotopic (exact) mass is 338 g/mol. The second-order valence-corrected chi connectivity index (χ2v) is 5.41. The first-order valence-corrected chi connectivity index (χ1v) is 8.49. The number of hydrogen-bond acceptors (Lipinski definition) is 6. The summed E-state index contributed by atoms with van der Waals surface area (Å²) in [5.74, 6) is 5.33. The molecule has 0 amide bonds. The van der Waals surface area contributed by atoms with E-state index >= 15 is 0 Å². The first-order valence-electron chi connectivity index (χ1n) is 8.49. The molecule has 0 atom stereocenters. The van der Waals surface area contributed by atoms with Crippen LogP contribution < -0.4 is 0 Å². The Morgan fingerprint density at radius 1 is 0.542 bits per heavy atom. The van der Waals surface area contributed by atoms with E-state index in [9.17, 15) is 0 Å². The van der Waals surface area contributed by atoms with E-state index in [1.807, 2.05) is 0 Å². The van der Waals surface area contributed by atoms with Gasteiger partial charge in [-0.25, -0.2) is 0 Å². The maximum atomic E-state index is 5.59. The van der Waals surface area contributed by atoms with Gasteiger partial charge >= 0.3 is 0 Å². The third kappa shape index (κ3) is 11.4. The van der Waals surface area contributed by atoms with Crippen LogP contribution in [0.15, 0.2) is 0 Å². The van der Waals surface area contributed by atoms with Crippen LogP contribution >= 0.6 is 0 Å². The first kappa shape index (κ1) is 20.9. The van der Waals surface area contributed by atoms with Gasteiger partial charge < -0.3 is 18.9 Å². The van der Waals surface area contributed by atoms with Crippen molar-refractivity contribution in [3.8, 4) is 24.7 Å². The molecule has 1 aliphatic rings. The Hall–Kier alpha value is -1.12. The molecule has 0 aromatic carbocycles. The van der Waals surface area contributed by atoms with Crippen LogP contribution in [0.2, 0.25) is 0 Å². The van der Waals surface area contributed by atoms with Crippen molar-refractivity contribution in [2.75, 3.05) is 92.1 Å². The molecule has 1 saturated heterocycles. The molecule has 0 spiro atoms. The largest absolute Gasteiger partial charge is 0.378 e. The van der Waals surface area contributed by atoms with Crippen LogP contribution in [0.1, 0.15) is 0 Å². The summed E-state index contributed by atoms with van der Waals surface area (Å²) >= 11 is 0. The molecule has 0 aromatic heterocycles. The van der Waals surface area contributed by atoms with Crippen molar-refractivity contribution >= 4 is 0 Å². The van der Waals surface area contributed by atoms with Gasteiger partial charge in [0.2, 0.25) is 0 Å². The standard InChI is InChI=1S/C18H30N2O4/c1-3-5-19-7-11-21-15-17-23-13-9-20(6-4-2)10-14-24-18-16-22-12-8-19/h1-2H,5-18H2. The van der Waals surface area contributed by atoms with Crippen molar-refractivity contribution in [2.45, 2.75) is 0 Å². The van der Waals surface area contributed by atoms with Gasteiger partial charge in [-0.2, -0.15) is 0 Å². The minimum atomic E-state index is 0.582. The summed E-state index contributed by atoms with van der Waals surface area (Å²) in [4.78, 5) is 4.28. The summed E-state index contributed by atoms with van der Waals surface area (Å²) in [5, 5.41) is 0. The molecule has 0 aliphatic carbocycles. The van der Waals surface area contributed by atoms with Crippen molar-refractivity contribution < 1.29 is 18.9 Å². The van der Waals surface area contributed by atoms with Crippen molar-refractivity contribution in [3.05, 3.63) is 0 Å². The Balaban J connectivity index is 2.32. The van der Waals surface area contributed by atoms with Crippen molar-refractivity contribution in [1.29, 1.82) is 0 Å². The summed E-state index contributed by atoms with van der Waals surface area (Å²) in [6.45, 7) is 9.24. The van der Waals surface area contributed by atoms with E-state index in [1.165, 1.54) is 0 Å². The van der Waals surface area contributed by atoms with Gasteiger partial charge in [-0.15, -0.1) is 12.8 Å². The van der Waals surface area contributed by atoms with Crippen LogP contribution in [0.4, 0.5) is 0 Å². The maximum Gasteiger partial charge on any atom is 0.0701 e. The molecule has 6 nitrogen and oxygen atoms in total. The van der Waals surface area contributed by atoms with E-state index in [1.54, 1.807) is 0 Å². The molecule has 0 saturated carbocycles. The zero-order valence-corrected chi connectivity index (χ0v) is 14.6. The van der Waals surface area contributed by atoms with Gasteiger partial charge in [-0.05, 0) is 0 Å². The van der Waals surface area contributed by atoms with Crippen molar-refractivity contribution in [1.82, 2.24) is 9.80 Å². The highest BCUT2D eigenvalue weighted by Gasteiger charge is 2.05. The molecule has 0 aromatic rings. The molecule has 0 unspecified atom stereocenters. The van der Waals surface area contributed by atoms with Gasteiger partial charge in [-0.3, -0.25) is 9.80 Å². The fourth-order valence-electron chi connectivity index (χ4n) is 2.22. The Morgan fingerprint density at radius 2 is 0.833 bits per heavy atom. The quantitative estimate of drug-likeness (QED) is 0.657. The van der Waals surface area contributed by atoms with Gasteiger partial charge in [0, 0.05) is 26.2 Å². The second kappa shape index (κ2) is 15.4. The lowest BCUT2D eigenvalue weighted by molar-refractivity contribution is 0.0110. The number of ether oxygens (including phenoxy) is 4. The predicted octanol–water partition coefficient (Wildman–Crippen LogP) is -0.0632. The van der Waals surface area contributed by atoms with E-state index < -0.39 is 0 Å². The van der Waals surface area contributed by atoms with Crippen LogP contribution in [0.25, 0.3) is 0 Å². The molecule has 0 radical (unpaired) electrons. The van der Waals surface area contributed by atoms with E-state index in [0.717, 1.165) is 26.2 Å². The number of rotatable bonds is 2. The van der Waals surface area contributed by atoms with Crippen molar-refractivity contribution in [2.24, 2.45) is 0 Å². The molecule has 1 rings (SSSR count). The molecule has 0 N–H and O–H groups in total. The van der Waals surface area contributed by atoms with Crippen LogP contribution in [-0.4, -0.2) is 102 Å². The summed E-state index contributed by atoms with van der Waals surface area (Å²) in [6.07, 6.45) is 10.8. The molecule has 1 heterocycles. The van der Waals surface area contributed by atoms with E-state index in [4.69, 9.17) is 31.8 Å². The second-order valence-electron chi connectivity index (χ2n) is 5.41. The summed E-state index contributed by atoms with van der Waals surface area (Å²) in [6, 6.07) is 0. The lowest BCUT2D eigenvalue weighted by Gasteiger charge is -2.21. The zero-order valence-electron chi connectivity index (χ0n) is 14.6. The maximum absolute atomic E-state index is 5.59. The van der Waals surface area contributed by atoms with Crippen LogP contribution in [0.3, 0.4) is 0 Å². The lowest BCUT2D eigenvalue weighted by atomic mass is 10.4. The molecule has 1 aliphatic heterocycles. The van der Waals surface area contributed by atoms with Crippen LogP contribution in [0.5, 0.6) is 0 Å². The minimum absolute atomic E-state index is 0.582. The third-order valence-electron chi connectivity index (χ3n) is 3.58. The van der Waals surface area contributed by atoms with E-state index in [0.29, 0.717) is 65.9 Å². The predicted molar refractivity (Wildman–Crippen MR) is 93.8 cm³/mol. The van der Waals surface area contributed by atoms with Gasteiger partial charge in [0.15, 0.2) is 0 Å². The SMILES string of the molecule is C#CCN1CCOCCOCCN(CC#C)CCOCCOCC1. The van der Waals surface area contributed by atoms with Gasteiger partial charge in [0.05, 0.1) is 65.9 Å². The first-order chi connectivity index (χ1) is 11.9. The van der Waals surface area contributed by atoms with Crippen LogP contribution in [0, 0.1) is 24.7 Å². The molecule has 1 fully saturated rings. The van der Waals surface area contributed by atoms with E-state index in [-0.39, 0.29) is 0 Å². The molecular formula is C18H30N2O4. The Morgan fingerprint density at radius 3 is 1.08 bits per heavy atom. The fraction of sp³-hybridized carbons (Fsp3) is 0.778. The summed E-state index contributed by atoms with van der Waals surface area (Å²) in [5.41, 5.74) is 0. The van der Waals surface area contributed by atoms with Gasteiger partial charge in [0.25, 0.3) is 0 Å². The molecule has 136 valence electrons. The zero-order chi connectivity index (χ0) is 17.3. The van der Waals surface area contributed by atoms with Crippen molar-refractivity contribution in [3.63, 3.8) is 0 Å². The third-order valence-corrected chi connectivity index (χ3v) is 3.58. The van der Waals surface area contributed by atoms with Crippen LogP contribution in [-0.2, 0) is 18.9 Å². The average Bonchev–Trinajstić information content (AvgIpc) is 2.58. The van der Waals surface area contributed by atoms with E-state index in [2.05, 4.69) is 21.6 Å². The Kier molecular flexibility index (Phi) is 13.4. The Bertz CT molecular complexity index is 322. The highest BCUT2D eigenvalue weighted by molar-refractivity contribution is 4.88. The topological polar surface area (TPSA) is 43.4 Å². The molecular weight excluding hydrogens is 308 g/mol. The minimum Gasteiger partial charge on any atom is -0.378 e. The van der Waals surface area contributed by atoms with Gasteiger partial charge in [0.1, 0.15) is 0 Å². The highest BCUT2D eigenvalue weighted by atomic mass is 16.5. The molecule has 24 heavy (non-hydrogen) atoms. The Labute approximate surface area is 146 Å². The molecule has 0 bridgehead atoms. The summed E-state index contributed by atoms with van der Waals surface area (Å²) in [7, 11) is 0. The smallest absolute Gasteiger partial charge is 0.0701 e.